The zero-order chi connectivity index (χ0) is 17.9. The van der Waals surface area contributed by atoms with E-state index in [0.717, 1.165) is 38.2 Å². The zero-order valence-electron chi connectivity index (χ0n) is 15.7. The largest absolute Gasteiger partial charge is 0.492 e. The Balaban J connectivity index is 1.58. The molecule has 0 bridgehead atoms. The molecule has 0 aromatic heterocycles. The van der Waals surface area contributed by atoms with Crippen molar-refractivity contribution in [3.63, 3.8) is 0 Å². The molecular formula is C20H33N3O2. The third-order valence-corrected chi connectivity index (χ3v) is 4.70. The molecule has 0 aliphatic carbocycles. The van der Waals surface area contributed by atoms with Crippen molar-refractivity contribution in [3.8, 4) is 5.75 Å². The van der Waals surface area contributed by atoms with Crippen molar-refractivity contribution in [1.82, 2.24) is 15.5 Å². The van der Waals surface area contributed by atoms with E-state index in [1.54, 1.807) is 0 Å². The molecule has 1 aromatic carbocycles. The Morgan fingerprint density at radius 3 is 2.64 bits per heavy atom. The molecule has 5 nitrogen and oxygen atoms in total. The van der Waals surface area contributed by atoms with Crippen molar-refractivity contribution in [2.24, 2.45) is 5.92 Å². The quantitative estimate of drug-likeness (QED) is 0.680. The van der Waals surface area contributed by atoms with Crippen LogP contribution in [0.15, 0.2) is 24.3 Å². The highest BCUT2D eigenvalue weighted by molar-refractivity contribution is 5.75. The molecule has 5 heteroatoms. The van der Waals surface area contributed by atoms with Gasteiger partial charge in [-0.1, -0.05) is 12.1 Å². The van der Waals surface area contributed by atoms with Crippen LogP contribution >= 0.6 is 0 Å². The molecule has 0 radical (unpaired) electrons. The van der Waals surface area contributed by atoms with Crippen LogP contribution < -0.4 is 15.4 Å². The highest BCUT2D eigenvalue weighted by Crippen LogP contribution is 2.17. The molecule has 1 aromatic rings. The molecule has 0 unspecified atom stereocenters. The Labute approximate surface area is 152 Å². The standard InChI is InChI=1S/C20H33N3O2/c1-23(2)15-16-25-19-6-3-17(4-7-19)11-14-22-20(24)8-5-18-9-12-21-13-10-18/h3-4,6-7,18,21H,5,8-16H2,1-2H3,(H,22,24). The molecule has 0 saturated carbocycles. The fraction of sp³-hybridized carbons (Fsp3) is 0.650. The highest BCUT2D eigenvalue weighted by atomic mass is 16.5. The SMILES string of the molecule is CN(C)CCOc1ccc(CCNC(=O)CCC2CCNCC2)cc1. The van der Waals surface area contributed by atoms with Crippen molar-refractivity contribution >= 4 is 5.91 Å². The lowest BCUT2D eigenvalue weighted by Crippen LogP contribution is -2.30. The Bertz CT molecular complexity index is 496. The van der Waals surface area contributed by atoms with Gasteiger partial charge in [-0.3, -0.25) is 4.79 Å². The van der Waals surface area contributed by atoms with Gasteiger partial charge in [-0.2, -0.15) is 0 Å². The van der Waals surface area contributed by atoms with E-state index in [0.29, 0.717) is 25.5 Å². The number of nitrogens with zero attached hydrogens (tertiary/aromatic N) is 1. The molecule has 0 spiro atoms. The zero-order valence-corrected chi connectivity index (χ0v) is 15.7. The number of ether oxygens (including phenoxy) is 1. The van der Waals surface area contributed by atoms with Crippen molar-refractivity contribution in [1.29, 1.82) is 0 Å². The summed E-state index contributed by atoms with van der Waals surface area (Å²) in [6.45, 7) is 4.50. The number of amides is 1. The van der Waals surface area contributed by atoms with E-state index >= 15 is 0 Å². The van der Waals surface area contributed by atoms with Crippen LogP contribution in [0.2, 0.25) is 0 Å². The lowest BCUT2D eigenvalue weighted by atomic mass is 9.93. The number of carbonyl (C=O) groups is 1. The second-order valence-corrected chi connectivity index (χ2v) is 7.13. The Morgan fingerprint density at radius 1 is 1.24 bits per heavy atom. The maximum absolute atomic E-state index is 12.0. The third kappa shape index (κ3) is 8.36. The smallest absolute Gasteiger partial charge is 0.220 e. The van der Waals surface area contributed by atoms with E-state index in [1.807, 2.05) is 26.2 Å². The van der Waals surface area contributed by atoms with Crippen molar-refractivity contribution in [3.05, 3.63) is 29.8 Å². The summed E-state index contributed by atoms with van der Waals surface area (Å²) in [4.78, 5) is 14.1. The molecule has 1 aliphatic heterocycles. The highest BCUT2D eigenvalue weighted by Gasteiger charge is 2.14. The molecule has 2 N–H and O–H groups in total. The van der Waals surface area contributed by atoms with Gasteiger partial charge in [0.1, 0.15) is 12.4 Å². The van der Waals surface area contributed by atoms with Crippen LogP contribution in [0, 0.1) is 5.92 Å². The summed E-state index contributed by atoms with van der Waals surface area (Å²) in [6.07, 6.45) is 4.94. The maximum atomic E-state index is 12.0. The lowest BCUT2D eigenvalue weighted by Gasteiger charge is -2.22. The van der Waals surface area contributed by atoms with E-state index < -0.39 is 0 Å². The molecule has 0 atom stereocenters. The summed E-state index contributed by atoms with van der Waals surface area (Å²) in [7, 11) is 4.07. The first-order valence-electron chi connectivity index (χ1n) is 9.47. The van der Waals surface area contributed by atoms with Crippen LogP contribution in [0.5, 0.6) is 5.75 Å². The molecule has 25 heavy (non-hydrogen) atoms. The number of benzene rings is 1. The monoisotopic (exact) mass is 347 g/mol. The number of rotatable bonds is 10. The van der Waals surface area contributed by atoms with Gasteiger partial charge in [0.25, 0.3) is 0 Å². The first kappa shape index (κ1) is 19.7. The van der Waals surface area contributed by atoms with Gasteiger partial charge in [0.05, 0.1) is 0 Å². The van der Waals surface area contributed by atoms with Gasteiger partial charge in [-0.25, -0.2) is 0 Å². The average molecular weight is 348 g/mol. The van der Waals surface area contributed by atoms with Crippen LogP contribution in [-0.2, 0) is 11.2 Å². The van der Waals surface area contributed by atoms with Crippen LogP contribution in [0.3, 0.4) is 0 Å². The van der Waals surface area contributed by atoms with Gasteiger partial charge in [-0.15, -0.1) is 0 Å². The average Bonchev–Trinajstić information content (AvgIpc) is 2.62. The normalized spacial score (nSPS) is 15.3. The van der Waals surface area contributed by atoms with E-state index in [-0.39, 0.29) is 5.91 Å². The van der Waals surface area contributed by atoms with Gasteiger partial charge >= 0.3 is 0 Å². The number of hydrogen-bond acceptors (Lipinski definition) is 4. The maximum Gasteiger partial charge on any atom is 0.220 e. The summed E-state index contributed by atoms with van der Waals surface area (Å²) in [5.41, 5.74) is 1.22. The molecule has 1 amide bonds. The van der Waals surface area contributed by atoms with Crippen LogP contribution in [0.4, 0.5) is 0 Å². The lowest BCUT2D eigenvalue weighted by molar-refractivity contribution is -0.121. The fourth-order valence-corrected chi connectivity index (χ4v) is 3.04. The van der Waals surface area contributed by atoms with E-state index in [2.05, 4.69) is 27.7 Å². The van der Waals surface area contributed by atoms with E-state index in [1.165, 1.54) is 18.4 Å². The first-order chi connectivity index (χ1) is 12.1. The Hall–Kier alpha value is -1.59. The number of likely N-dealkylation sites (N-methyl/N-ethyl adjacent to an activating group) is 1. The minimum Gasteiger partial charge on any atom is -0.492 e. The van der Waals surface area contributed by atoms with Crippen LogP contribution in [-0.4, -0.2) is 57.7 Å². The van der Waals surface area contributed by atoms with Crippen LogP contribution in [0.1, 0.15) is 31.2 Å². The van der Waals surface area contributed by atoms with Gasteiger partial charge < -0.3 is 20.3 Å². The number of nitrogens with one attached hydrogen (secondary N) is 2. The van der Waals surface area contributed by atoms with Gasteiger partial charge in [0.2, 0.25) is 5.91 Å². The first-order valence-corrected chi connectivity index (χ1v) is 9.47. The van der Waals surface area contributed by atoms with Gasteiger partial charge in [0.15, 0.2) is 0 Å². The summed E-state index contributed by atoms with van der Waals surface area (Å²) in [5, 5.41) is 6.40. The number of hydrogen-bond donors (Lipinski definition) is 2. The van der Waals surface area contributed by atoms with E-state index in [9.17, 15) is 4.79 Å². The molecule has 1 saturated heterocycles. The summed E-state index contributed by atoms with van der Waals surface area (Å²) in [5.74, 6) is 1.80. The van der Waals surface area contributed by atoms with Crippen molar-refractivity contribution < 1.29 is 9.53 Å². The minimum atomic E-state index is 0.183. The fourth-order valence-electron chi connectivity index (χ4n) is 3.04. The molecular weight excluding hydrogens is 314 g/mol. The van der Waals surface area contributed by atoms with Gasteiger partial charge in [0, 0.05) is 19.5 Å². The van der Waals surface area contributed by atoms with Crippen LogP contribution in [0.25, 0.3) is 0 Å². The Morgan fingerprint density at radius 2 is 1.96 bits per heavy atom. The molecule has 1 fully saturated rings. The minimum absolute atomic E-state index is 0.183. The van der Waals surface area contributed by atoms with Gasteiger partial charge in [-0.05, 0) is 76.5 Å². The summed E-state index contributed by atoms with van der Waals surface area (Å²) < 4.78 is 5.69. The molecule has 1 aliphatic rings. The number of carbonyl (C=O) groups excluding carboxylic acids is 1. The topological polar surface area (TPSA) is 53.6 Å². The second kappa shape index (κ2) is 11.1. The molecule has 2 rings (SSSR count). The third-order valence-electron chi connectivity index (χ3n) is 4.70. The Kier molecular flexibility index (Phi) is 8.77. The van der Waals surface area contributed by atoms with Crippen molar-refractivity contribution in [2.45, 2.75) is 32.1 Å². The second-order valence-electron chi connectivity index (χ2n) is 7.13. The summed E-state index contributed by atoms with van der Waals surface area (Å²) in [6, 6.07) is 8.16. The summed E-state index contributed by atoms with van der Waals surface area (Å²) >= 11 is 0. The molecule has 1 heterocycles. The van der Waals surface area contributed by atoms with E-state index in [4.69, 9.17) is 4.74 Å². The van der Waals surface area contributed by atoms with Crippen molar-refractivity contribution in [2.75, 3.05) is 46.9 Å². The number of piperidine rings is 1. The molecule has 140 valence electrons. The predicted octanol–water partition coefficient (Wildman–Crippen LogP) is 2.07. The predicted molar refractivity (Wildman–Crippen MR) is 102 cm³/mol.